The molecule has 1 N–H and O–H groups in total. The molecule has 1 aliphatic heterocycles. The summed E-state index contributed by atoms with van der Waals surface area (Å²) in [4.78, 5) is 22.3. The Morgan fingerprint density at radius 3 is 2.51 bits per heavy atom. The largest absolute Gasteiger partial charge is 0.433 e. The minimum absolute atomic E-state index is 0.00616. The van der Waals surface area contributed by atoms with Crippen LogP contribution in [0.4, 0.5) is 13.2 Å². The molecule has 0 spiro atoms. The number of amides is 1. The molecule has 2 aromatic carbocycles. The zero-order valence-electron chi connectivity index (χ0n) is 20.6. The van der Waals surface area contributed by atoms with E-state index in [1.165, 1.54) is 6.07 Å². The van der Waals surface area contributed by atoms with Crippen molar-refractivity contribution in [2.75, 3.05) is 0 Å². The van der Waals surface area contributed by atoms with Gasteiger partial charge in [0, 0.05) is 30.3 Å². The van der Waals surface area contributed by atoms with Crippen molar-refractivity contribution in [1.29, 1.82) is 5.26 Å². The molecule has 1 unspecified atom stereocenters. The highest BCUT2D eigenvalue weighted by Gasteiger charge is 2.38. The number of halogens is 3. The number of hydrogen-bond acceptors (Lipinski definition) is 5. The Bertz CT molecular complexity index is 1390. The Labute approximate surface area is 212 Å². The molecule has 0 fully saturated rings. The second-order valence-corrected chi connectivity index (χ2v) is 9.46. The molecule has 4 rings (SSSR count). The van der Waals surface area contributed by atoms with Crippen LogP contribution in [0.1, 0.15) is 59.9 Å². The Balaban J connectivity index is 1.65. The second kappa shape index (κ2) is 10.1. The molecule has 1 aliphatic rings. The minimum atomic E-state index is -4.53. The van der Waals surface area contributed by atoms with E-state index in [2.05, 4.69) is 21.5 Å². The van der Waals surface area contributed by atoms with Gasteiger partial charge in [-0.15, -0.1) is 0 Å². The van der Waals surface area contributed by atoms with Gasteiger partial charge in [-0.2, -0.15) is 18.4 Å². The summed E-state index contributed by atoms with van der Waals surface area (Å²) in [5.74, 6) is -0.222. The maximum Gasteiger partial charge on any atom is 0.433 e. The Kier molecular flexibility index (Phi) is 7.03. The smallest absolute Gasteiger partial charge is 0.389 e. The lowest BCUT2D eigenvalue weighted by Crippen LogP contribution is -2.31. The molecule has 3 aromatic rings. The number of aromatic nitrogens is 1. The van der Waals surface area contributed by atoms with Gasteiger partial charge in [0.25, 0.3) is 5.91 Å². The van der Waals surface area contributed by atoms with E-state index in [0.29, 0.717) is 45.5 Å². The maximum atomic E-state index is 13.1. The fourth-order valence-electron chi connectivity index (χ4n) is 3.91. The zero-order valence-corrected chi connectivity index (χ0v) is 20.6. The number of nitrogens with one attached hydrogen (secondary N) is 1. The molecule has 0 aliphatic carbocycles. The molecule has 37 heavy (non-hydrogen) atoms. The number of nitriles is 1. The number of benzene rings is 2. The lowest BCUT2D eigenvalue weighted by molar-refractivity contribution is -0.141. The third kappa shape index (κ3) is 5.64. The summed E-state index contributed by atoms with van der Waals surface area (Å²) in [6, 6.07) is 16.7. The van der Waals surface area contributed by atoms with E-state index in [1.54, 1.807) is 30.3 Å². The standard InChI is InChI=1S/C28H25F3N4O2/c1-17(2)27(3)13-24(35-37-27)21-10-20(23-7-5-4-6-19(23)14-32)11-22(12-21)26(36)34-16-18-8-9-25(33-15-18)28(29,30)31/h4-12,15,17H,13,16H2,1-3H3,(H,34,36). The van der Waals surface area contributed by atoms with Crippen LogP contribution >= 0.6 is 0 Å². The van der Waals surface area contributed by atoms with Crippen molar-refractivity contribution in [2.24, 2.45) is 11.1 Å². The first-order valence-electron chi connectivity index (χ1n) is 11.7. The van der Waals surface area contributed by atoms with Crippen LogP contribution in [0.3, 0.4) is 0 Å². The first kappa shape index (κ1) is 25.9. The number of rotatable bonds is 6. The molecule has 0 bridgehead atoms. The number of pyridine rings is 1. The quantitative estimate of drug-likeness (QED) is 0.437. The number of carbonyl (C=O) groups excluding carboxylic acids is 1. The van der Waals surface area contributed by atoms with E-state index in [9.17, 15) is 23.2 Å². The highest BCUT2D eigenvalue weighted by Crippen LogP contribution is 2.35. The fraction of sp³-hybridized carbons (Fsp3) is 0.286. The first-order chi connectivity index (χ1) is 17.5. The lowest BCUT2D eigenvalue weighted by Gasteiger charge is -2.25. The molecule has 0 radical (unpaired) electrons. The Morgan fingerprint density at radius 2 is 1.89 bits per heavy atom. The molecule has 0 saturated heterocycles. The summed E-state index contributed by atoms with van der Waals surface area (Å²) >= 11 is 0. The van der Waals surface area contributed by atoms with E-state index >= 15 is 0 Å². The summed E-state index contributed by atoms with van der Waals surface area (Å²) in [5, 5.41) is 16.6. The van der Waals surface area contributed by atoms with E-state index in [-0.39, 0.29) is 12.5 Å². The number of alkyl halides is 3. The fourth-order valence-corrected chi connectivity index (χ4v) is 3.91. The normalized spacial score (nSPS) is 17.2. The van der Waals surface area contributed by atoms with Gasteiger partial charge in [0.1, 0.15) is 11.3 Å². The maximum absolute atomic E-state index is 13.1. The van der Waals surface area contributed by atoms with Crippen LogP contribution in [-0.2, 0) is 17.6 Å². The van der Waals surface area contributed by atoms with Gasteiger partial charge in [-0.1, -0.05) is 43.3 Å². The highest BCUT2D eigenvalue weighted by molar-refractivity contribution is 6.05. The third-order valence-electron chi connectivity index (χ3n) is 6.56. The van der Waals surface area contributed by atoms with Crippen LogP contribution in [0.25, 0.3) is 11.1 Å². The van der Waals surface area contributed by atoms with Gasteiger partial charge in [-0.05, 0) is 59.9 Å². The van der Waals surface area contributed by atoms with Crippen LogP contribution in [-0.4, -0.2) is 22.2 Å². The SMILES string of the molecule is CC(C)C1(C)CC(c2cc(C(=O)NCc3ccc(C(F)(F)F)nc3)cc(-c3ccccc3C#N)c2)=NO1. The molecular formula is C28H25F3N4O2. The molecule has 1 aromatic heterocycles. The molecule has 1 amide bonds. The third-order valence-corrected chi connectivity index (χ3v) is 6.56. The van der Waals surface area contributed by atoms with Gasteiger partial charge in [-0.3, -0.25) is 9.78 Å². The Hall–Kier alpha value is -4.19. The van der Waals surface area contributed by atoms with Crippen LogP contribution in [0.15, 0.2) is 65.9 Å². The van der Waals surface area contributed by atoms with Crippen molar-refractivity contribution in [3.63, 3.8) is 0 Å². The first-order valence-corrected chi connectivity index (χ1v) is 11.7. The Morgan fingerprint density at radius 1 is 1.16 bits per heavy atom. The van der Waals surface area contributed by atoms with E-state index in [4.69, 9.17) is 4.84 Å². The van der Waals surface area contributed by atoms with Crippen molar-refractivity contribution in [3.05, 3.63) is 88.7 Å². The molecule has 6 nitrogen and oxygen atoms in total. The summed E-state index contributed by atoms with van der Waals surface area (Å²) in [5.41, 5.74) is 2.44. The van der Waals surface area contributed by atoms with Gasteiger partial charge in [-0.25, -0.2) is 0 Å². The van der Waals surface area contributed by atoms with E-state index in [1.807, 2.05) is 32.9 Å². The van der Waals surface area contributed by atoms with Gasteiger partial charge in [0.15, 0.2) is 0 Å². The van der Waals surface area contributed by atoms with Crippen LogP contribution in [0.2, 0.25) is 0 Å². The summed E-state index contributed by atoms with van der Waals surface area (Å²) in [7, 11) is 0. The molecule has 190 valence electrons. The molecule has 0 saturated carbocycles. The van der Waals surface area contributed by atoms with E-state index < -0.39 is 23.4 Å². The number of hydrogen-bond donors (Lipinski definition) is 1. The minimum Gasteiger partial charge on any atom is -0.389 e. The van der Waals surface area contributed by atoms with Gasteiger partial charge in [0.05, 0.1) is 17.3 Å². The highest BCUT2D eigenvalue weighted by atomic mass is 19.4. The summed E-state index contributed by atoms with van der Waals surface area (Å²) in [6.45, 7) is 6.07. The lowest BCUT2D eigenvalue weighted by atomic mass is 9.85. The average Bonchev–Trinajstić information content (AvgIpc) is 3.30. The van der Waals surface area contributed by atoms with Crippen LogP contribution in [0, 0.1) is 17.2 Å². The number of oxime groups is 1. The van der Waals surface area contributed by atoms with Gasteiger partial charge < -0.3 is 10.2 Å². The van der Waals surface area contributed by atoms with Gasteiger partial charge >= 0.3 is 6.18 Å². The predicted octanol–water partition coefficient (Wildman–Crippen LogP) is 6.11. The van der Waals surface area contributed by atoms with Crippen molar-refractivity contribution < 1.29 is 22.8 Å². The van der Waals surface area contributed by atoms with Crippen LogP contribution in [0.5, 0.6) is 0 Å². The molecule has 2 heterocycles. The molecule has 9 heteroatoms. The monoisotopic (exact) mass is 506 g/mol. The van der Waals surface area contributed by atoms with Crippen molar-refractivity contribution in [1.82, 2.24) is 10.3 Å². The number of nitrogens with zero attached hydrogens (tertiary/aromatic N) is 3. The van der Waals surface area contributed by atoms with E-state index in [0.717, 1.165) is 12.3 Å². The van der Waals surface area contributed by atoms with Gasteiger partial charge in [0.2, 0.25) is 0 Å². The summed E-state index contributed by atoms with van der Waals surface area (Å²) < 4.78 is 38.3. The second-order valence-electron chi connectivity index (χ2n) is 9.46. The zero-order chi connectivity index (χ0) is 26.8. The summed E-state index contributed by atoms with van der Waals surface area (Å²) in [6.07, 6.45) is -2.89. The predicted molar refractivity (Wildman–Crippen MR) is 132 cm³/mol. The number of carbonyl (C=O) groups is 1. The molecule has 1 atom stereocenters. The molecular weight excluding hydrogens is 481 g/mol. The van der Waals surface area contributed by atoms with Crippen molar-refractivity contribution in [2.45, 2.75) is 45.5 Å². The average molecular weight is 507 g/mol. The van der Waals surface area contributed by atoms with Crippen molar-refractivity contribution in [3.8, 4) is 17.2 Å². The topological polar surface area (TPSA) is 87.4 Å². The van der Waals surface area contributed by atoms with Crippen molar-refractivity contribution >= 4 is 11.6 Å². The van der Waals surface area contributed by atoms with Crippen LogP contribution < -0.4 is 5.32 Å².